The zero-order valence-corrected chi connectivity index (χ0v) is 17.4. The van der Waals surface area contributed by atoms with Crippen LogP contribution >= 0.6 is 11.8 Å². The smallest absolute Gasteiger partial charge is 0.337 e. The van der Waals surface area contributed by atoms with Crippen molar-refractivity contribution in [1.29, 1.82) is 0 Å². The largest absolute Gasteiger partial charge is 0.465 e. The summed E-state index contributed by atoms with van der Waals surface area (Å²) in [7, 11) is 1.28. The molecule has 0 atom stereocenters. The second-order valence-corrected chi connectivity index (χ2v) is 7.07. The number of hydrogen-bond acceptors (Lipinski definition) is 7. The predicted octanol–water partition coefficient (Wildman–Crippen LogP) is 1.92. The lowest BCUT2D eigenvalue weighted by Crippen LogP contribution is -2.40. The molecule has 1 aromatic heterocycles. The number of nitrogens with one attached hydrogen (secondary N) is 2. The van der Waals surface area contributed by atoms with E-state index in [9.17, 15) is 19.2 Å². The first-order chi connectivity index (χ1) is 13.9. The minimum atomic E-state index is -0.573. The van der Waals surface area contributed by atoms with Crippen LogP contribution in [0.3, 0.4) is 0 Å². The number of imide groups is 1. The number of ether oxygens (including phenoxy) is 1. The third-order valence-electron chi connectivity index (χ3n) is 4.00. The highest BCUT2D eigenvalue weighted by atomic mass is 32.2. The highest BCUT2D eigenvalue weighted by molar-refractivity contribution is 7.99. The molecule has 0 aliphatic carbocycles. The predicted molar refractivity (Wildman–Crippen MR) is 110 cm³/mol. The van der Waals surface area contributed by atoms with E-state index in [4.69, 9.17) is 4.74 Å². The number of aromatic nitrogens is 2. The highest BCUT2D eigenvalue weighted by Gasteiger charge is 2.16. The van der Waals surface area contributed by atoms with E-state index in [1.807, 2.05) is 6.92 Å². The van der Waals surface area contributed by atoms with E-state index in [1.54, 1.807) is 13.0 Å². The second-order valence-electron chi connectivity index (χ2n) is 6.12. The van der Waals surface area contributed by atoms with E-state index in [0.717, 1.165) is 24.6 Å². The van der Waals surface area contributed by atoms with Gasteiger partial charge in [0.1, 0.15) is 0 Å². The van der Waals surface area contributed by atoms with Crippen LogP contribution in [0.1, 0.15) is 37.0 Å². The molecular weight excluding hydrogens is 396 g/mol. The lowest BCUT2D eigenvalue weighted by Gasteiger charge is -2.13. The number of amides is 3. The van der Waals surface area contributed by atoms with Crippen molar-refractivity contribution in [1.82, 2.24) is 20.2 Å². The molecule has 3 amide bonds. The topological polar surface area (TPSA) is 119 Å². The Morgan fingerprint density at radius 2 is 2.00 bits per heavy atom. The Labute approximate surface area is 172 Å². The molecule has 1 aromatic carbocycles. The molecule has 0 saturated heterocycles. The maximum atomic E-state index is 12.9. The minimum absolute atomic E-state index is 0.0854. The third-order valence-corrected chi connectivity index (χ3v) is 4.98. The first-order valence-corrected chi connectivity index (χ1v) is 10.2. The van der Waals surface area contributed by atoms with Crippen LogP contribution in [0, 0.1) is 0 Å². The number of unbranched alkanes of at least 4 members (excludes halogenated alkanes) is 1. The summed E-state index contributed by atoms with van der Waals surface area (Å²) < 4.78 is 6.23. The summed E-state index contributed by atoms with van der Waals surface area (Å²) in [6.45, 7) is 4.61. The van der Waals surface area contributed by atoms with Gasteiger partial charge >= 0.3 is 12.0 Å². The van der Waals surface area contributed by atoms with E-state index in [0.29, 0.717) is 29.1 Å². The molecule has 0 fully saturated rings. The van der Waals surface area contributed by atoms with Gasteiger partial charge < -0.3 is 10.1 Å². The van der Waals surface area contributed by atoms with Gasteiger partial charge in [-0.25, -0.2) is 14.6 Å². The molecule has 2 rings (SSSR count). The van der Waals surface area contributed by atoms with Crippen molar-refractivity contribution in [2.75, 3.05) is 19.4 Å². The van der Waals surface area contributed by atoms with Crippen molar-refractivity contribution in [2.24, 2.45) is 0 Å². The quantitative estimate of drug-likeness (QED) is 0.380. The molecule has 2 N–H and O–H groups in total. The fourth-order valence-corrected chi connectivity index (χ4v) is 3.39. The lowest BCUT2D eigenvalue weighted by molar-refractivity contribution is -0.117. The summed E-state index contributed by atoms with van der Waals surface area (Å²) in [5.41, 5.74) is 0.381. The average molecular weight is 420 g/mol. The normalized spacial score (nSPS) is 10.6. The number of benzene rings is 1. The maximum absolute atomic E-state index is 12.9. The summed E-state index contributed by atoms with van der Waals surface area (Å²) in [6, 6.07) is 3.99. The van der Waals surface area contributed by atoms with Gasteiger partial charge in [0.2, 0.25) is 5.91 Å². The molecule has 9 nitrogen and oxygen atoms in total. The summed E-state index contributed by atoms with van der Waals surface area (Å²) in [5, 5.41) is 5.42. The van der Waals surface area contributed by atoms with Crippen molar-refractivity contribution in [3.63, 3.8) is 0 Å². The minimum Gasteiger partial charge on any atom is -0.465 e. The van der Waals surface area contributed by atoms with Crippen LogP contribution in [0.5, 0.6) is 0 Å². The summed E-state index contributed by atoms with van der Waals surface area (Å²) in [4.78, 5) is 52.7. The molecule has 0 spiro atoms. The fourth-order valence-electron chi connectivity index (χ4n) is 2.57. The number of rotatable bonds is 8. The molecule has 0 unspecified atom stereocenters. The molecule has 0 saturated carbocycles. The number of methoxy groups -OCH3 is 1. The van der Waals surface area contributed by atoms with Crippen LogP contribution in [0.2, 0.25) is 0 Å². The molecular formula is C19H24N4O5S. The Hall–Kier alpha value is -2.88. The van der Waals surface area contributed by atoms with Crippen LogP contribution in [-0.2, 0) is 16.1 Å². The van der Waals surface area contributed by atoms with Crippen LogP contribution in [-0.4, -0.2) is 46.9 Å². The van der Waals surface area contributed by atoms with Crippen LogP contribution in [0.4, 0.5) is 4.79 Å². The van der Waals surface area contributed by atoms with Gasteiger partial charge in [-0.3, -0.25) is 19.5 Å². The molecule has 0 aliphatic rings. The van der Waals surface area contributed by atoms with Gasteiger partial charge in [0.25, 0.3) is 5.56 Å². The van der Waals surface area contributed by atoms with E-state index in [2.05, 4.69) is 15.6 Å². The van der Waals surface area contributed by atoms with Gasteiger partial charge in [-0.05, 0) is 31.5 Å². The van der Waals surface area contributed by atoms with Gasteiger partial charge in [0, 0.05) is 13.1 Å². The number of fused-ring (bicyclic) bond motifs is 1. The number of carbonyl (C=O) groups is 3. The molecule has 1 heterocycles. The van der Waals surface area contributed by atoms with E-state index >= 15 is 0 Å². The van der Waals surface area contributed by atoms with E-state index in [-0.39, 0.29) is 16.9 Å². The second kappa shape index (κ2) is 10.6. The lowest BCUT2D eigenvalue weighted by atomic mass is 10.1. The van der Waals surface area contributed by atoms with Crippen molar-refractivity contribution in [3.05, 3.63) is 34.1 Å². The van der Waals surface area contributed by atoms with Gasteiger partial charge in [0.05, 0.1) is 29.3 Å². The Morgan fingerprint density at radius 3 is 2.66 bits per heavy atom. The molecule has 156 valence electrons. The number of esters is 1. The van der Waals surface area contributed by atoms with Crippen molar-refractivity contribution in [3.8, 4) is 0 Å². The summed E-state index contributed by atoms with van der Waals surface area (Å²) >= 11 is 1.06. The number of nitrogens with zero attached hydrogens (tertiary/aromatic N) is 2. The molecule has 2 aromatic rings. The fraction of sp³-hybridized carbons (Fsp3) is 0.421. The molecule has 0 aliphatic heterocycles. The highest BCUT2D eigenvalue weighted by Crippen LogP contribution is 2.19. The summed E-state index contributed by atoms with van der Waals surface area (Å²) in [6.07, 6.45) is 1.65. The monoisotopic (exact) mass is 420 g/mol. The Kier molecular flexibility index (Phi) is 8.20. The van der Waals surface area contributed by atoms with Crippen LogP contribution in [0.25, 0.3) is 10.9 Å². The Balaban J connectivity index is 2.36. The van der Waals surface area contributed by atoms with Crippen molar-refractivity contribution < 1.29 is 19.1 Å². The van der Waals surface area contributed by atoms with Crippen LogP contribution in [0.15, 0.2) is 28.2 Å². The van der Waals surface area contributed by atoms with Gasteiger partial charge in [-0.15, -0.1) is 0 Å². The summed E-state index contributed by atoms with van der Waals surface area (Å²) in [5.74, 6) is -1.11. The maximum Gasteiger partial charge on any atom is 0.337 e. The first kappa shape index (κ1) is 22.4. The zero-order chi connectivity index (χ0) is 21.4. The average Bonchev–Trinajstić information content (AvgIpc) is 2.70. The third kappa shape index (κ3) is 5.80. The van der Waals surface area contributed by atoms with Crippen molar-refractivity contribution >= 4 is 40.6 Å². The van der Waals surface area contributed by atoms with Gasteiger partial charge in [0.15, 0.2) is 5.16 Å². The zero-order valence-electron chi connectivity index (χ0n) is 16.6. The van der Waals surface area contributed by atoms with Crippen LogP contribution < -0.4 is 16.2 Å². The molecule has 0 radical (unpaired) electrons. The number of thioether (sulfide) groups is 1. The van der Waals surface area contributed by atoms with Gasteiger partial charge in [-0.2, -0.15) is 0 Å². The molecule has 0 bridgehead atoms. The van der Waals surface area contributed by atoms with Gasteiger partial charge in [-0.1, -0.05) is 25.1 Å². The Bertz CT molecular complexity index is 973. The SMILES string of the molecule is CCCCn1c(SCC(=O)NC(=O)NCC)nc2cc(C(=O)OC)ccc2c1=O. The molecule has 29 heavy (non-hydrogen) atoms. The number of urea groups is 1. The van der Waals surface area contributed by atoms with E-state index < -0.39 is 17.9 Å². The first-order valence-electron chi connectivity index (χ1n) is 9.24. The Morgan fingerprint density at radius 1 is 1.24 bits per heavy atom. The van der Waals surface area contributed by atoms with E-state index in [1.165, 1.54) is 23.8 Å². The number of hydrogen-bond donors (Lipinski definition) is 2. The standard InChI is InChI=1S/C19H24N4O5S/c1-4-6-9-23-16(25)13-8-7-12(17(26)28-3)10-14(13)21-19(23)29-11-15(24)22-18(27)20-5-2/h7-8,10H,4-6,9,11H2,1-3H3,(H2,20,22,24,27). The molecule has 10 heteroatoms. The van der Waals surface area contributed by atoms with Crippen molar-refractivity contribution in [2.45, 2.75) is 38.4 Å². The number of carbonyl (C=O) groups excluding carboxylic acids is 3.